The number of carbonyl (C=O) groups is 1. The van der Waals surface area contributed by atoms with Crippen molar-refractivity contribution in [2.75, 3.05) is 12.3 Å². The highest BCUT2D eigenvalue weighted by Gasteiger charge is 2.12. The minimum atomic E-state index is -0.167. The van der Waals surface area contributed by atoms with E-state index in [1.807, 2.05) is 13.8 Å². The van der Waals surface area contributed by atoms with Gasteiger partial charge in [-0.15, -0.1) is 0 Å². The maximum absolute atomic E-state index is 11.4. The molecule has 0 aliphatic rings. The van der Waals surface area contributed by atoms with Crippen molar-refractivity contribution >= 4 is 11.7 Å². The molecule has 1 amide bonds. The number of hydrogen-bond acceptors (Lipinski definition) is 3. The van der Waals surface area contributed by atoms with E-state index in [1.54, 1.807) is 4.68 Å². The molecule has 0 atom stereocenters. The van der Waals surface area contributed by atoms with Gasteiger partial charge in [-0.1, -0.05) is 0 Å². The molecule has 0 bridgehead atoms. The van der Waals surface area contributed by atoms with Crippen molar-refractivity contribution in [2.24, 2.45) is 0 Å². The average Bonchev–Trinajstić information content (AvgIpc) is 2.47. The molecular formula is C8H14N4O. The SMILES string of the molecule is CCNC(=O)c1cnn(CC)c1N. The Hall–Kier alpha value is -1.52. The van der Waals surface area contributed by atoms with Crippen molar-refractivity contribution < 1.29 is 4.79 Å². The van der Waals surface area contributed by atoms with Crippen molar-refractivity contribution in [1.29, 1.82) is 0 Å². The molecule has 13 heavy (non-hydrogen) atoms. The number of nitrogens with zero attached hydrogens (tertiary/aromatic N) is 2. The minimum absolute atomic E-state index is 0.167. The monoisotopic (exact) mass is 182 g/mol. The topological polar surface area (TPSA) is 72.9 Å². The van der Waals surface area contributed by atoms with Crippen LogP contribution >= 0.6 is 0 Å². The molecule has 0 saturated carbocycles. The Morgan fingerprint density at radius 3 is 2.85 bits per heavy atom. The highest BCUT2D eigenvalue weighted by Crippen LogP contribution is 2.09. The summed E-state index contributed by atoms with van der Waals surface area (Å²) < 4.78 is 1.59. The molecule has 0 radical (unpaired) electrons. The summed E-state index contributed by atoms with van der Waals surface area (Å²) in [6.45, 7) is 5.05. The second-order valence-corrected chi connectivity index (χ2v) is 2.62. The first kappa shape index (κ1) is 9.57. The van der Waals surface area contributed by atoms with Crippen LogP contribution in [0, 0.1) is 0 Å². The highest BCUT2D eigenvalue weighted by molar-refractivity contribution is 5.98. The van der Waals surface area contributed by atoms with E-state index in [-0.39, 0.29) is 5.91 Å². The molecule has 5 heteroatoms. The summed E-state index contributed by atoms with van der Waals surface area (Å²) in [6.07, 6.45) is 1.49. The molecule has 0 aromatic carbocycles. The lowest BCUT2D eigenvalue weighted by molar-refractivity contribution is 0.0956. The van der Waals surface area contributed by atoms with Crippen LogP contribution in [0.2, 0.25) is 0 Å². The standard InChI is InChI=1S/C8H14N4O/c1-3-10-8(13)6-5-11-12(4-2)7(6)9/h5H,3-4,9H2,1-2H3,(H,10,13). The first-order chi connectivity index (χ1) is 6.20. The van der Waals surface area contributed by atoms with E-state index < -0.39 is 0 Å². The molecule has 1 aromatic heterocycles. The van der Waals surface area contributed by atoms with Crippen molar-refractivity contribution in [3.05, 3.63) is 11.8 Å². The van der Waals surface area contributed by atoms with E-state index in [0.717, 1.165) is 0 Å². The molecule has 1 aromatic rings. The van der Waals surface area contributed by atoms with E-state index in [2.05, 4.69) is 10.4 Å². The first-order valence-electron chi connectivity index (χ1n) is 4.30. The maximum atomic E-state index is 11.4. The summed E-state index contributed by atoms with van der Waals surface area (Å²) in [6, 6.07) is 0. The normalized spacial score (nSPS) is 10.0. The molecule has 72 valence electrons. The van der Waals surface area contributed by atoms with Gasteiger partial charge in [0.15, 0.2) is 0 Å². The van der Waals surface area contributed by atoms with Crippen molar-refractivity contribution in [2.45, 2.75) is 20.4 Å². The number of rotatable bonds is 3. The Bertz CT molecular complexity index is 305. The van der Waals surface area contributed by atoms with Crippen LogP contribution in [0.1, 0.15) is 24.2 Å². The van der Waals surface area contributed by atoms with Gasteiger partial charge in [0, 0.05) is 13.1 Å². The predicted molar refractivity (Wildman–Crippen MR) is 50.3 cm³/mol. The van der Waals surface area contributed by atoms with Gasteiger partial charge in [0.05, 0.1) is 6.20 Å². The van der Waals surface area contributed by atoms with Crippen LogP contribution in [-0.4, -0.2) is 22.2 Å². The van der Waals surface area contributed by atoms with Crippen LogP contribution in [0.3, 0.4) is 0 Å². The molecule has 0 spiro atoms. The summed E-state index contributed by atoms with van der Waals surface area (Å²) in [5.41, 5.74) is 6.13. The van der Waals surface area contributed by atoms with Gasteiger partial charge in [0.25, 0.3) is 5.91 Å². The number of amides is 1. The molecular weight excluding hydrogens is 168 g/mol. The lowest BCUT2D eigenvalue weighted by Crippen LogP contribution is -2.23. The van der Waals surface area contributed by atoms with Crippen LogP contribution in [0.5, 0.6) is 0 Å². The molecule has 0 fully saturated rings. The molecule has 3 N–H and O–H groups in total. The zero-order valence-electron chi connectivity index (χ0n) is 7.87. The van der Waals surface area contributed by atoms with Gasteiger partial charge in [-0.2, -0.15) is 5.10 Å². The summed E-state index contributed by atoms with van der Waals surface area (Å²) in [7, 11) is 0. The second kappa shape index (κ2) is 3.93. The van der Waals surface area contributed by atoms with E-state index >= 15 is 0 Å². The number of hydrogen-bond donors (Lipinski definition) is 2. The van der Waals surface area contributed by atoms with Crippen LogP contribution in [0.25, 0.3) is 0 Å². The van der Waals surface area contributed by atoms with Crippen LogP contribution in [0.15, 0.2) is 6.20 Å². The largest absolute Gasteiger partial charge is 0.383 e. The summed E-state index contributed by atoms with van der Waals surface area (Å²) >= 11 is 0. The lowest BCUT2D eigenvalue weighted by Gasteiger charge is -2.01. The fraction of sp³-hybridized carbons (Fsp3) is 0.500. The Morgan fingerprint density at radius 2 is 2.38 bits per heavy atom. The molecule has 0 aliphatic heterocycles. The van der Waals surface area contributed by atoms with Crippen LogP contribution in [0.4, 0.5) is 5.82 Å². The molecule has 1 heterocycles. The Morgan fingerprint density at radius 1 is 1.69 bits per heavy atom. The van der Waals surface area contributed by atoms with Gasteiger partial charge in [-0.05, 0) is 13.8 Å². The van der Waals surface area contributed by atoms with Crippen molar-refractivity contribution in [3.8, 4) is 0 Å². The van der Waals surface area contributed by atoms with Gasteiger partial charge < -0.3 is 11.1 Å². The van der Waals surface area contributed by atoms with E-state index in [4.69, 9.17) is 5.73 Å². The van der Waals surface area contributed by atoms with Gasteiger partial charge in [-0.3, -0.25) is 4.79 Å². The smallest absolute Gasteiger partial charge is 0.256 e. The number of anilines is 1. The third-order valence-corrected chi connectivity index (χ3v) is 1.76. The van der Waals surface area contributed by atoms with Gasteiger partial charge in [0.2, 0.25) is 0 Å². The molecule has 1 rings (SSSR count). The fourth-order valence-electron chi connectivity index (χ4n) is 1.08. The Labute approximate surface area is 76.9 Å². The predicted octanol–water partition coefficient (Wildman–Crippen LogP) is 0.235. The number of carbonyl (C=O) groups excluding carboxylic acids is 1. The average molecular weight is 182 g/mol. The van der Waals surface area contributed by atoms with Crippen molar-refractivity contribution in [3.63, 3.8) is 0 Å². The summed E-state index contributed by atoms with van der Waals surface area (Å²) in [5.74, 6) is 0.258. The Balaban J connectivity index is 2.89. The van der Waals surface area contributed by atoms with E-state index in [1.165, 1.54) is 6.20 Å². The third kappa shape index (κ3) is 1.80. The Kier molecular flexibility index (Phi) is 2.89. The minimum Gasteiger partial charge on any atom is -0.383 e. The van der Waals surface area contributed by atoms with E-state index in [0.29, 0.717) is 24.5 Å². The van der Waals surface area contributed by atoms with Crippen LogP contribution in [-0.2, 0) is 6.54 Å². The van der Waals surface area contributed by atoms with Gasteiger partial charge in [-0.25, -0.2) is 4.68 Å². The number of nitrogens with one attached hydrogen (secondary N) is 1. The first-order valence-corrected chi connectivity index (χ1v) is 4.30. The second-order valence-electron chi connectivity index (χ2n) is 2.62. The molecule has 5 nitrogen and oxygen atoms in total. The molecule has 0 unspecified atom stereocenters. The zero-order chi connectivity index (χ0) is 9.84. The fourth-order valence-corrected chi connectivity index (χ4v) is 1.08. The maximum Gasteiger partial charge on any atom is 0.256 e. The number of aromatic nitrogens is 2. The van der Waals surface area contributed by atoms with Gasteiger partial charge in [0.1, 0.15) is 11.4 Å². The number of nitrogens with two attached hydrogens (primary N) is 1. The molecule has 0 aliphatic carbocycles. The lowest BCUT2D eigenvalue weighted by atomic mass is 10.3. The number of nitrogen functional groups attached to an aromatic ring is 1. The zero-order valence-corrected chi connectivity index (χ0v) is 7.87. The third-order valence-electron chi connectivity index (χ3n) is 1.76. The van der Waals surface area contributed by atoms with E-state index in [9.17, 15) is 4.79 Å². The molecule has 0 saturated heterocycles. The van der Waals surface area contributed by atoms with Gasteiger partial charge >= 0.3 is 0 Å². The number of aryl methyl sites for hydroxylation is 1. The summed E-state index contributed by atoms with van der Waals surface area (Å²) in [5, 5.41) is 6.64. The highest BCUT2D eigenvalue weighted by atomic mass is 16.1. The van der Waals surface area contributed by atoms with Crippen molar-refractivity contribution in [1.82, 2.24) is 15.1 Å². The quantitative estimate of drug-likeness (QED) is 0.703. The summed E-state index contributed by atoms with van der Waals surface area (Å²) in [4.78, 5) is 11.4. The van der Waals surface area contributed by atoms with Crippen LogP contribution < -0.4 is 11.1 Å².